The first kappa shape index (κ1) is 11.6. The highest BCUT2D eigenvalue weighted by molar-refractivity contribution is 7.86. The maximum atomic E-state index is 11.1. The maximum Gasteiger partial charge on any atom is 0.328 e. The average Bonchev–Trinajstić information content (AvgIpc) is 2.17. The lowest BCUT2D eigenvalue weighted by Crippen LogP contribution is -2.08. The fraction of sp³-hybridized carbons (Fsp3) is 0.333. The van der Waals surface area contributed by atoms with Crippen LogP contribution in [0.15, 0.2) is 29.5 Å². The van der Waals surface area contributed by atoms with Crippen molar-refractivity contribution < 1.29 is 17.5 Å². The summed E-state index contributed by atoms with van der Waals surface area (Å²) in [6.07, 6.45) is 5.83. The molecule has 0 amide bonds. The van der Waals surface area contributed by atoms with Gasteiger partial charge in [-0.2, -0.15) is 8.42 Å². The van der Waals surface area contributed by atoms with Crippen molar-refractivity contribution in [3.05, 3.63) is 24.3 Å². The number of ketones is 1. The van der Waals surface area contributed by atoms with Gasteiger partial charge in [-0.05, 0) is 30.7 Å². The number of rotatable bonds is 4. The Labute approximate surface area is 88.2 Å². The van der Waals surface area contributed by atoms with Crippen LogP contribution in [0.1, 0.15) is 13.3 Å². The Bertz CT molecular complexity index is 413. The first-order valence-electron chi connectivity index (χ1n) is 4.43. The van der Waals surface area contributed by atoms with Gasteiger partial charge in [0, 0.05) is 0 Å². The van der Waals surface area contributed by atoms with Crippen LogP contribution in [0.4, 0.5) is 0 Å². The Morgan fingerprint density at radius 1 is 1.27 bits per heavy atom. The lowest BCUT2D eigenvalue weighted by molar-refractivity contribution is -0.110. The lowest BCUT2D eigenvalue weighted by Gasteiger charge is -2.00. The minimum absolute atomic E-state index is 0.0733. The van der Waals surface area contributed by atoms with Gasteiger partial charge in [-0.15, -0.1) is 0 Å². The molecule has 0 spiro atoms. The van der Waals surface area contributed by atoms with Gasteiger partial charge in [0.15, 0.2) is 5.78 Å². The van der Waals surface area contributed by atoms with E-state index in [2.05, 4.69) is 9.44 Å². The van der Waals surface area contributed by atoms with E-state index in [0.29, 0.717) is 12.1 Å². The van der Waals surface area contributed by atoms with Gasteiger partial charge in [-0.1, -0.05) is 12.1 Å². The monoisotopic (exact) mass is 229 g/mol. The molecule has 0 fully saturated rings. The van der Waals surface area contributed by atoms with Gasteiger partial charge in [0.05, 0.1) is 5.75 Å². The van der Waals surface area contributed by atoms with Crippen molar-refractivity contribution in [3.8, 4) is 0 Å². The number of oxime groups is 1. The second-order valence-corrected chi connectivity index (χ2v) is 4.59. The van der Waals surface area contributed by atoms with Crippen molar-refractivity contribution >= 4 is 21.6 Å². The standard InChI is InChI=1S/C9H11NO4S/c1-2-7-15(12,13)14-10-8-3-5-9(11)6-4-8/h3-6H,2,7H2,1H3. The summed E-state index contributed by atoms with van der Waals surface area (Å²) in [5, 5.41) is 3.41. The molecule has 0 radical (unpaired) electrons. The van der Waals surface area contributed by atoms with Crippen molar-refractivity contribution in [1.82, 2.24) is 0 Å². The van der Waals surface area contributed by atoms with E-state index in [1.807, 2.05) is 0 Å². The highest BCUT2D eigenvalue weighted by Crippen LogP contribution is 2.01. The third-order valence-corrected chi connectivity index (χ3v) is 2.76. The van der Waals surface area contributed by atoms with Crippen LogP contribution in [0, 0.1) is 0 Å². The van der Waals surface area contributed by atoms with Crippen LogP contribution in [0.2, 0.25) is 0 Å². The number of nitrogens with zero attached hydrogens (tertiary/aromatic N) is 1. The van der Waals surface area contributed by atoms with Crippen molar-refractivity contribution in [2.45, 2.75) is 13.3 Å². The summed E-state index contributed by atoms with van der Waals surface area (Å²) in [5.74, 6) is -0.235. The second-order valence-electron chi connectivity index (χ2n) is 2.92. The van der Waals surface area contributed by atoms with Crippen molar-refractivity contribution in [2.24, 2.45) is 5.16 Å². The molecule has 1 aliphatic carbocycles. The molecule has 1 aliphatic rings. The number of allylic oxidation sites excluding steroid dienone is 4. The van der Waals surface area contributed by atoms with Crippen LogP contribution in [0.3, 0.4) is 0 Å². The predicted octanol–water partition coefficient (Wildman–Crippen LogP) is 0.794. The average molecular weight is 229 g/mol. The molecule has 0 N–H and O–H groups in total. The van der Waals surface area contributed by atoms with Gasteiger partial charge in [-0.25, -0.2) is 0 Å². The fourth-order valence-electron chi connectivity index (χ4n) is 0.894. The molecule has 0 unspecified atom stereocenters. The minimum atomic E-state index is -3.58. The summed E-state index contributed by atoms with van der Waals surface area (Å²) < 4.78 is 26.6. The van der Waals surface area contributed by atoms with Crippen molar-refractivity contribution in [3.63, 3.8) is 0 Å². The Balaban J connectivity index is 2.63. The van der Waals surface area contributed by atoms with Crippen LogP contribution in [0.5, 0.6) is 0 Å². The maximum absolute atomic E-state index is 11.1. The molecule has 5 nitrogen and oxygen atoms in total. The highest BCUT2D eigenvalue weighted by atomic mass is 32.2. The van der Waals surface area contributed by atoms with Gasteiger partial charge in [-0.3, -0.25) is 9.08 Å². The van der Waals surface area contributed by atoms with Crippen molar-refractivity contribution in [2.75, 3.05) is 5.75 Å². The zero-order valence-electron chi connectivity index (χ0n) is 8.21. The smallest absolute Gasteiger partial charge is 0.290 e. The molecular formula is C9H11NO4S. The Kier molecular flexibility index (Phi) is 3.79. The number of carbonyl (C=O) groups is 1. The molecule has 0 aliphatic heterocycles. The molecule has 0 aromatic heterocycles. The Hall–Kier alpha value is -1.43. The molecule has 0 bridgehead atoms. The molecule has 0 atom stereocenters. The molecule has 0 aromatic rings. The summed E-state index contributed by atoms with van der Waals surface area (Å²) in [4.78, 5) is 10.7. The van der Waals surface area contributed by atoms with Crippen molar-refractivity contribution in [1.29, 1.82) is 0 Å². The number of hydrogen-bond donors (Lipinski definition) is 0. The van der Waals surface area contributed by atoms with E-state index in [1.165, 1.54) is 24.3 Å². The summed E-state index contributed by atoms with van der Waals surface area (Å²) in [7, 11) is -3.58. The van der Waals surface area contributed by atoms with E-state index in [4.69, 9.17) is 0 Å². The lowest BCUT2D eigenvalue weighted by atomic mass is 10.2. The molecule has 6 heteroatoms. The Morgan fingerprint density at radius 3 is 2.40 bits per heavy atom. The van der Waals surface area contributed by atoms with E-state index in [0.717, 1.165) is 0 Å². The number of hydrogen-bond acceptors (Lipinski definition) is 5. The van der Waals surface area contributed by atoms with Gasteiger partial charge in [0.25, 0.3) is 0 Å². The Morgan fingerprint density at radius 2 is 1.87 bits per heavy atom. The van der Waals surface area contributed by atoms with Crippen LogP contribution >= 0.6 is 0 Å². The molecular weight excluding hydrogens is 218 g/mol. The van der Waals surface area contributed by atoms with E-state index >= 15 is 0 Å². The third kappa shape index (κ3) is 4.07. The molecule has 0 saturated carbocycles. The molecule has 1 rings (SSSR count). The molecule has 15 heavy (non-hydrogen) atoms. The first-order valence-corrected chi connectivity index (χ1v) is 6.00. The quantitative estimate of drug-likeness (QED) is 0.528. The summed E-state index contributed by atoms with van der Waals surface area (Å²) in [6, 6.07) is 0. The van der Waals surface area contributed by atoms with Gasteiger partial charge >= 0.3 is 10.1 Å². The van der Waals surface area contributed by atoms with E-state index < -0.39 is 10.1 Å². The molecule has 0 saturated heterocycles. The van der Waals surface area contributed by atoms with E-state index in [9.17, 15) is 13.2 Å². The predicted molar refractivity (Wildman–Crippen MR) is 55.9 cm³/mol. The first-order chi connectivity index (χ1) is 7.03. The molecule has 82 valence electrons. The zero-order valence-corrected chi connectivity index (χ0v) is 9.03. The van der Waals surface area contributed by atoms with Crippen LogP contribution in [-0.4, -0.2) is 25.7 Å². The van der Waals surface area contributed by atoms with Gasteiger partial charge in [0.2, 0.25) is 0 Å². The zero-order chi connectivity index (χ0) is 11.3. The van der Waals surface area contributed by atoms with Gasteiger partial charge in [0.1, 0.15) is 5.71 Å². The topological polar surface area (TPSA) is 72.8 Å². The third-order valence-electron chi connectivity index (χ3n) is 1.55. The fourth-order valence-corrected chi connectivity index (χ4v) is 1.67. The van der Waals surface area contributed by atoms with Gasteiger partial charge < -0.3 is 0 Å². The minimum Gasteiger partial charge on any atom is -0.290 e. The van der Waals surface area contributed by atoms with E-state index in [-0.39, 0.29) is 11.5 Å². The SMILES string of the molecule is CCCS(=O)(=O)ON=C1C=CC(=O)C=C1. The molecule has 0 aromatic carbocycles. The largest absolute Gasteiger partial charge is 0.328 e. The normalized spacial score (nSPS) is 15.5. The van der Waals surface area contributed by atoms with Crippen LogP contribution in [-0.2, 0) is 19.2 Å². The molecule has 0 heterocycles. The summed E-state index contributed by atoms with van der Waals surface area (Å²) in [5.41, 5.74) is 0.300. The number of carbonyl (C=O) groups excluding carboxylic acids is 1. The van der Waals surface area contributed by atoms with E-state index in [1.54, 1.807) is 6.92 Å². The summed E-state index contributed by atoms with van der Waals surface area (Å²) >= 11 is 0. The highest BCUT2D eigenvalue weighted by Gasteiger charge is 2.09. The second kappa shape index (κ2) is 4.88. The summed E-state index contributed by atoms with van der Waals surface area (Å²) in [6.45, 7) is 1.73. The van der Waals surface area contributed by atoms with Crippen LogP contribution in [0.25, 0.3) is 0 Å². The van der Waals surface area contributed by atoms with Crippen LogP contribution < -0.4 is 0 Å².